The van der Waals surface area contributed by atoms with Crippen molar-refractivity contribution in [1.82, 2.24) is 35.3 Å². The highest BCUT2D eigenvalue weighted by molar-refractivity contribution is 5.79. The molecule has 1 fully saturated rings. The monoisotopic (exact) mass is 415 g/mol. The Morgan fingerprint density at radius 2 is 1.93 bits per heavy atom. The Morgan fingerprint density at radius 1 is 1.20 bits per heavy atom. The van der Waals surface area contributed by atoms with Gasteiger partial charge in [-0.15, -0.1) is 0 Å². The lowest BCUT2D eigenvalue weighted by molar-refractivity contribution is 0.0671. The Balaban J connectivity index is 1.44. The van der Waals surface area contributed by atoms with Crippen LogP contribution in [0.4, 0.5) is 5.95 Å². The molecule has 1 aliphatic rings. The highest BCUT2D eigenvalue weighted by Gasteiger charge is 2.24. The van der Waals surface area contributed by atoms with E-state index in [9.17, 15) is 5.11 Å². The van der Waals surface area contributed by atoms with E-state index in [4.69, 9.17) is 0 Å². The molecule has 10 nitrogen and oxygen atoms in total. The third-order valence-electron chi connectivity index (χ3n) is 5.14. The van der Waals surface area contributed by atoms with Gasteiger partial charge in [-0.3, -0.25) is 9.58 Å². The fourth-order valence-electron chi connectivity index (χ4n) is 3.32. The van der Waals surface area contributed by atoms with Crippen molar-refractivity contribution in [2.24, 2.45) is 12.0 Å². The fraction of sp³-hybridized carbons (Fsp3) is 0.600. The van der Waals surface area contributed by atoms with E-state index in [2.05, 4.69) is 40.5 Å². The Morgan fingerprint density at radius 3 is 2.57 bits per heavy atom. The summed E-state index contributed by atoms with van der Waals surface area (Å²) in [5.41, 5.74) is -0.309. The van der Waals surface area contributed by atoms with Gasteiger partial charge >= 0.3 is 0 Å². The number of nitrogens with zero attached hydrogens (tertiary/aromatic N) is 7. The number of aryl methyl sites for hydroxylation is 1. The van der Waals surface area contributed by atoms with Crippen LogP contribution in [0.3, 0.4) is 0 Å². The zero-order valence-electron chi connectivity index (χ0n) is 18.1. The number of rotatable bonds is 8. The number of anilines is 1. The molecule has 0 aliphatic carbocycles. The lowest BCUT2D eigenvalue weighted by Gasteiger charge is -2.34. The zero-order valence-corrected chi connectivity index (χ0v) is 18.1. The highest BCUT2D eigenvalue weighted by Crippen LogP contribution is 2.19. The van der Waals surface area contributed by atoms with Crippen LogP contribution in [0.1, 0.15) is 19.4 Å². The molecule has 1 atom stereocenters. The van der Waals surface area contributed by atoms with Gasteiger partial charge in [-0.2, -0.15) is 5.10 Å². The van der Waals surface area contributed by atoms with Crippen LogP contribution in [0.25, 0.3) is 0 Å². The molecule has 0 saturated carbocycles. The minimum atomic E-state index is -1.06. The normalized spacial score (nSPS) is 17.6. The maximum atomic E-state index is 10.7. The van der Waals surface area contributed by atoms with E-state index in [0.29, 0.717) is 5.96 Å². The molecule has 0 amide bonds. The minimum Gasteiger partial charge on any atom is -0.383 e. The van der Waals surface area contributed by atoms with Gasteiger partial charge in [-0.05, 0) is 19.9 Å². The van der Waals surface area contributed by atoms with Crippen molar-refractivity contribution in [3.63, 3.8) is 0 Å². The predicted molar refractivity (Wildman–Crippen MR) is 117 cm³/mol. The third kappa shape index (κ3) is 6.14. The average molecular weight is 416 g/mol. The molecule has 10 heteroatoms. The summed E-state index contributed by atoms with van der Waals surface area (Å²) in [5.74, 6) is 1.51. The number of piperazine rings is 1. The molecular weight excluding hydrogens is 382 g/mol. The Kier molecular flexibility index (Phi) is 7.58. The summed E-state index contributed by atoms with van der Waals surface area (Å²) in [6, 6.07) is 1.84. The van der Waals surface area contributed by atoms with Crippen LogP contribution in [0.15, 0.2) is 35.8 Å². The van der Waals surface area contributed by atoms with E-state index in [1.807, 2.05) is 26.2 Å². The lowest BCUT2D eigenvalue weighted by Crippen LogP contribution is -2.49. The van der Waals surface area contributed by atoms with E-state index in [1.54, 1.807) is 30.2 Å². The van der Waals surface area contributed by atoms with Gasteiger partial charge in [0.1, 0.15) is 5.60 Å². The standard InChI is InChI=1S/C20H33N9O/c1-4-21-18(25-16-20(2,30)17-14-26-27(3)15-17)22-8-9-28-10-12-29(13-11-28)19-23-6-5-7-24-19/h5-7,14-15,30H,4,8-13,16H2,1-3H3,(H2,21,22,25). The van der Waals surface area contributed by atoms with Crippen LogP contribution in [0.2, 0.25) is 0 Å². The molecule has 1 unspecified atom stereocenters. The summed E-state index contributed by atoms with van der Waals surface area (Å²) in [6.45, 7) is 10.3. The average Bonchev–Trinajstić information content (AvgIpc) is 3.20. The molecule has 0 spiro atoms. The van der Waals surface area contributed by atoms with Crippen LogP contribution >= 0.6 is 0 Å². The quantitative estimate of drug-likeness (QED) is 0.402. The molecule has 30 heavy (non-hydrogen) atoms. The van der Waals surface area contributed by atoms with Gasteiger partial charge in [0.25, 0.3) is 0 Å². The summed E-state index contributed by atoms with van der Waals surface area (Å²) in [7, 11) is 1.83. The highest BCUT2D eigenvalue weighted by atomic mass is 16.3. The van der Waals surface area contributed by atoms with Gasteiger partial charge in [0.05, 0.1) is 12.7 Å². The van der Waals surface area contributed by atoms with Gasteiger partial charge in [0.2, 0.25) is 5.95 Å². The summed E-state index contributed by atoms with van der Waals surface area (Å²) in [4.78, 5) is 17.9. The van der Waals surface area contributed by atoms with Crippen molar-refractivity contribution in [1.29, 1.82) is 0 Å². The minimum absolute atomic E-state index is 0.254. The molecule has 3 N–H and O–H groups in total. The topological polar surface area (TPSA) is 107 Å². The molecule has 2 aromatic rings. The van der Waals surface area contributed by atoms with Gasteiger partial charge in [-0.1, -0.05) is 0 Å². The number of hydrogen-bond acceptors (Lipinski definition) is 7. The third-order valence-corrected chi connectivity index (χ3v) is 5.14. The second kappa shape index (κ2) is 10.4. The molecule has 1 saturated heterocycles. The fourth-order valence-corrected chi connectivity index (χ4v) is 3.32. The van der Waals surface area contributed by atoms with Crippen LogP contribution in [0, 0.1) is 0 Å². The molecule has 2 aromatic heterocycles. The predicted octanol–water partition coefficient (Wildman–Crippen LogP) is -0.205. The van der Waals surface area contributed by atoms with Crippen LogP contribution in [0.5, 0.6) is 0 Å². The summed E-state index contributed by atoms with van der Waals surface area (Å²) in [6.07, 6.45) is 7.06. The maximum absolute atomic E-state index is 10.7. The summed E-state index contributed by atoms with van der Waals surface area (Å²) < 4.78 is 1.68. The van der Waals surface area contributed by atoms with E-state index in [-0.39, 0.29) is 6.54 Å². The van der Waals surface area contributed by atoms with Crippen molar-refractivity contribution in [2.75, 3.05) is 57.3 Å². The maximum Gasteiger partial charge on any atom is 0.225 e. The molecular formula is C20H33N9O. The molecule has 1 aliphatic heterocycles. The number of hydrogen-bond donors (Lipinski definition) is 3. The lowest BCUT2D eigenvalue weighted by atomic mass is 10.0. The van der Waals surface area contributed by atoms with E-state index in [0.717, 1.165) is 57.3 Å². The second-order valence-corrected chi connectivity index (χ2v) is 7.68. The zero-order chi connectivity index (χ0) is 21.4. The first-order chi connectivity index (χ1) is 14.5. The Hall–Kier alpha value is -2.72. The largest absolute Gasteiger partial charge is 0.383 e. The van der Waals surface area contributed by atoms with E-state index in [1.165, 1.54) is 0 Å². The van der Waals surface area contributed by atoms with Gasteiger partial charge in [0.15, 0.2) is 5.96 Å². The van der Waals surface area contributed by atoms with Crippen LogP contribution in [-0.4, -0.2) is 88.1 Å². The number of guanidine groups is 1. The van der Waals surface area contributed by atoms with Gasteiger partial charge < -0.3 is 20.6 Å². The van der Waals surface area contributed by atoms with Crippen molar-refractivity contribution in [3.05, 3.63) is 36.4 Å². The van der Waals surface area contributed by atoms with Crippen molar-refractivity contribution in [2.45, 2.75) is 19.4 Å². The molecule has 3 rings (SSSR count). The molecule has 164 valence electrons. The van der Waals surface area contributed by atoms with Crippen molar-refractivity contribution < 1.29 is 5.11 Å². The smallest absolute Gasteiger partial charge is 0.225 e. The second-order valence-electron chi connectivity index (χ2n) is 7.68. The molecule has 0 radical (unpaired) electrons. The van der Waals surface area contributed by atoms with Crippen LogP contribution < -0.4 is 15.5 Å². The van der Waals surface area contributed by atoms with E-state index >= 15 is 0 Å². The first-order valence-corrected chi connectivity index (χ1v) is 10.5. The van der Waals surface area contributed by atoms with Gasteiger partial charge in [0, 0.05) is 77.0 Å². The first kappa shape index (κ1) is 22.0. The number of aromatic nitrogens is 4. The Bertz CT molecular complexity index is 798. The van der Waals surface area contributed by atoms with Crippen molar-refractivity contribution >= 4 is 11.9 Å². The number of aliphatic imine (C=N–C) groups is 1. The number of aliphatic hydroxyl groups is 1. The van der Waals surface area contributed by atoms with E-state index < -0.39 is 5.60 Å². The summed E-state index contributed by atoms with van der Waals surface area (Å²) >= 11 is 0. The SMILES string of the molecule is CCNC(=NCC(C)(O)c1cnn(C)c1)NCCN1CCN(c2ncccn2)CC1. The van der Waals surface area contributed by atoms with Crippen molar-refractivity contribution in [3.8, 4) is 0 Å². The summed E-state index contributed by atoms with van der Waals surface area (Å²) in [5, 5.41) is 21.5. The Labute approximate surface area is 178 Å². The molecule has 0 aromatic carbocycles. The molecule has 3 heterocycles. The molecule has 0 bridgehead atoms. The first-order valence-electron chi connectivity index (χ1n) is 10.5. The number of nitrogens with one attached hydrogen (secondary N) is 2. The van der Waals surface area contributed by atoms with Crippen LogP contribution in [-0.2, 0) is 12.6 Å². The van der Waals surface area contributed by atoms with Gasteiger partial charge in [-0.25, -0.2) is 15.0 Å².